The normalized spacial score (nSPS) is 13.5. The van der Waals surface area contributed by atoms with E-state index in [-0.39, 0.29) is 0 Å². The van der Waals surface area contributed by atoms with Crippen LogP contribution in [0.4, 0.5) is 0 Å². The molecule has 0 amide bonds. The van der Waals surface area contributed by atoms with Crippen LogP contribution in [-0.4, -0.2) is 4.98 Å². The zero-order valence-corrected chi connectivity index (χ0v) is 6.62. The lowest BCUT2D eigenvalue weighted by atomic mass is 10.3. The van der Waals surface area contributed by atoms with Gasteiger partial charge in [-0.2, -0.15) is 0 Å². The summed E-state index contributed by atoms with van der Waals surface area (Å²) in [5.41, 5.74) is 0. The maximum absolute atomic E-state index is 4.01. The molecule has 1 nitrogen and oxygen atoms in total. The van der Waals surface area contributed by atoms with Gasteiger partial charge in [0.05, 0.1) is 0 Å². The monoisotopic (exact) mass is 145 g/mol. The predicted octanol–water partition coefficient (Wildman–Crippen LogP) is 0.849. The maximum atomic E-state index is 4.01. The molecule has 0 aliphatic carbocycles. The van der Waals surface area contributed by atoms with Crippen LogP contribution in [0.2, 0.25) is 0 Å². The van der Waals surface area contributed by atoms with Crippen LogP contribution in [0.1, 0.15) is 6.92 Å². The summed E-state index contributed by atoms with van der Waals surface area (Å²) in [6.45, 7) is 5.64. The van der Waals surface area contributed by atoms with Crippen LogP contribution < -0.4 is 10.4 Å². The van der Waals surface area contributed by atoms with E-state index in [4.69, 9.17) is 0 Å². The quantitative estimate of drug-likeness (QED) is 0.571. The zero-order chi connectivity index (χ0) is 8.10. The van der Waals surface area contributed by atoms with Gasteiger partial charge in [0.2, 0.25) is 0 Å². The van der Waals surface area contributed by atoms with Crippen molar-refractivity contribution in [2.75, 3.05) is 0 Å². The van der Waals surface area contributed by atoms with Crippen molar-refractivity contribution in [3.63, 3.8) is 0 Å². The molecule has 1 aromatic heterocycles. The fraction of sp³-hybridized carbons (Fsp3) is 0.100. The molecule has 1 heteroatoms. The Bertz CT molecular complexity index is 349. The summed E-state index contributed by atoms with van der Waals surface area (Å²) < 4.78 is 0. The largest absolute Gasteiger partial charge is 0.264 e. The van der Waals surface area contributed by atoms with E-state index >= 15 is 0 Å². The summed E-state index contributed by atoms with van der Waals surface area (Å²) in [7, 11) is 0. The highest BCUT2D eigenvalue weighted by atomic mass is 14.6. The van der Waals surface area contributed by atoms with Crippen molar-refractivity contribution >= 4 is 12.2 Å². The minimum absolute atomic E-state index is 1.12. The number of allylic oxidation sites excluding steroid dienone is 1. The second-order valence-electron chi connectivity index (χ2n) is 2.20. The number of aromatic nitrogens is 1. The Labute approximate surface area is 66.4 Å². The van der Waals surface area contributed by atoms with Crippen LogP contribution in [0.3, 0.4) is 0 Å². The molecule has 11 heavy (non-hydrogen) atoms. The molecule has 0 saturated heterocycles. The Kier molecular flexibility index (Phi) is 2.61. The van der Waals surface area contributed by atoms with Crippen LogP contribution in [-0.2, 0) is 0 Å². The van der Waals surface area contributed by atoms with E-state index in [0.29, 0.717) is 0 Å². The fourth-order valence-corrected chi connectivity index (χ4v) is 0.947. The lowest BCUT2D eigenvalue weighted by Gasteiger charge is -1.85. The minimum Gasteiger partial charge on any atom is -0.264 e. The highest BCUT2D eigenvalue weighted by molar-refractivity contribution is 5.36. The Morgan fingerprint density at radius 2 is 2.27 bits per heavy atom. The lowest BCUT2D eigenvalue weighted by molar-refractivity contribution is 1.27. The third-order valence-corrected chi connectivity index (χ3v) is 1.50. The van der Waals surface area contributed by atoms with E-state index in [9.17, 15) is 0 Å². The van der Waals surface area contributed by atoms with E-state index in [1.165, 1.54) is 5.22 Å². The van der Waals surface area contributed by atoms with Gasteiger partial charge in [-0.1, -0.05) is 24.8 Å². The number of rotatable bonds is 1. The number of hydrogen-bond donors (Lipinski definition) is 0. The van der Waals surface area contributed by atoms with Crippen molar-refractivity contribution in [3.05, 3.63) is 41.6 Å². The molecule has 0 N–H and O–H groups in total. The van der Waals surface area contributed by atoms with E-state index < -0.39 is 0 Å². The van der Waals surface area contributed by atoms with Gasteiger partial charge >= 0.3 is 0 Å². The first-order chi connectivity index (χ1) is 5.38. The van der Waals surface area contributed by atoms with Crippen molar-refractivity contribution in [1.82, 2.24) is 4.98 Å². The number of pyridine rings is 1. The van der Waals surface area contributed by atoms with Crippen LogP contribution in [0.25, 0.3) is 12.2 Å². The van der Waals surface area contributed by atoms with Crippen molar-refractivity contribution in [1.29, 1.82) is 0 Å². The summed E-state index contributed by atoms with van der Waals surface area (Å²) in [5.74, 6) is 0. The summed E-state index contributed by atoms with van der Waals surface area (Å²) in [6.07, 6.45) is 9.39. The fourth-order valence-electron chi connectivity index (χ4n) is 0.947. The highest BCUT2D eigenvalue weighted by Crippen LogP contribution is 1.67. The molecule has 1 heterocycles. The molecule has 1 rings (SSSR count). The average Bonchev–Trinajstić information content (AvgIpc) is 2.06. The van der Waals surface area contributed by atoms with Gasteiger partial charge in [-0.05, 0) is 23.4 Å². The van der Waals surface area contributed by atoms with Crippen molar-refractivity contribution in [3.8, 4) is 0 Å². The van der Waals surface area contributed by atoms with Gasteiger partial charge in [0, 0.05) is 12.4 Å². The molecule has 0 aliphatic rings. The highest BCUT2D eigenvalue weighted by Gasteiger charge is 1.79. The molecule has 0 atom stereocenters. The molecule has 0 bridgehead atoms. The minimum atomic E-state index is 1.12. The topological polar surface area (TPSA) is 12.9 Å². The molecule has 0 fully saturated rings. The molecule has 1 aromatic rings. The molecule has 0 aliphatic heterocycles. The summed E-state index contributed by atoms with van der Waals surface area (Å²) in [4.78, 5) is 4.01. The standard InChI is InChI=1S/C10H11N/c1-3-5-10-8-11-7-6-9(10)4-2/h3-8H,1H2,2H3/b9-4+,10-5-. The molecule has 0 saturated carbocycles. The van der Waals surface area contributed by atoms with E-state index in [0.717, 1.165) is 5.22 Å². The van der Waals surface area contributed by atoms with E-state index in [1.54, 1.807) is 12.3 Å². The van der Waals surface area contributed by atoms with Crippen LogP contribution >= 0.6 is 0 Å². The molecule has 0 radical (unpaired) electrons. The second-order valence-corrected chi connectivity index (χ2v) is 2.20. The third kappa shape index (κ3) is 1.77. The number of nitrogens with zero attached hydrogens (tertiary/aromatic N) is 1. The molecule has 0 unspecified atom stereocenters. The van der Waals surface area contributed by atoms with Gasteiger partial charge in [0.1, 0.15) is 0 Å². The van der Waals surface area contributed by atoms with Crippen LogP contribution in [0, 0.1) is 0 Å². The van der Waals surface area contributed by atoms with Gasteiger partial charge in [0.25, 0.3) is 0 Å². The van der Waals surface area contributed by atoms with Crippen molar-refractivity contribution < 1.29 is 0 Å². The Morgan fingerprint density at radius 3 is 2.91 bits per heavy atom. The van der Waals surface area contributed by atoms with Gasteiger partial charge in [-0.15, -0.1) is 0 Å². The molecular weight excluding hydrogens is 134 g/mol. The second kappa shape index (κ2) is 3.71. The van der Waals surface area contributed by atoms with Gasteiger partial charge < -0.3 is 0 Å². The molecule has 0 aromatic carbocycles. The van der Waals surface area contributed by atoms with Crippen LogP contribution in [0.15, 0.2) is 31.1 Å². The van der Waals surface area contributed by atoms with E-state index in [1.807, 2.05) is 25.3 Å². The average molecular weight is 145 g/mol. The number of hydrogen-bond acceptors (Lipinski definition) is 1. The zero-order valence-electron chi connectivity index (χ0n) is 6.62. The van der Waals surface area contributed by atoms with E-state index in [2.05, 4.69) is 17.6 Å². The van der Waals surface area contributed by atoms with Gasteiger partial charge in [-0.25, -0.2) is 0 Å². The Balaban J connectivity index is 3.48. The first kappa shape index (κ1) is 7.73. The van der Waals surface area contributed by atoms with Gasteiger partial charge in [0.15, 0.2) is 0 Å². The molecule has 56 valence electrons. The van der Waals surface area contributed by atoms with Crippen molar-refractivity contribution in [2.24, 2.45) is 0 Å². The Hall–Kier alpha value is -1.37. The first-order valence-corrected chi connectivity index (χ1v) is 3.57. The summed E-state index contributed by atoms with van der Waals surface area (Å²) in [6, 6.07) is 1.98. The smallest absolute Gasteiger partial charge is 0.0346 e. The Morgan fingerprint density at radius 1 is 1.45 bits per heavy atom. The first-order valence-electron chi connectivity index (χ1n) is 3.57. The SMILES string of the molecule is C=C/C=c1/cncc/c1=C\C. The predicted molar refractivity (Wildman–Crippen MR) is 48.3 cm³/mol. The third-order valence-electron chi connectivity index (χ3n) is 1.50. The lowest BCUT2D eigenvalue weighted by Crippen LogP contribution is -2.23. The van der Waals surface area contributed by atoms with Crippen LogP contribution in [0.5, 0.6) is 0 Å². The maximum Gasteiger partial charge on any atom is 0.0346 e. The molecular formula is C10H11N. The summed E-state index contributed by atoms with van der Waals surface area (Å²) in [5, 5.41) is 2.31. The van der Waals surface area contributed by atoms with Crippen molar-refractivity contribution in [2.45, 2.75) is 6.92 Å². The molecule has 0 spiro atoms. The van der Waals surface area contributed by atoms with Gasteiger partial charge in [-0.3, -0.25) is 4.98 Å². The summed E-state index contributed by atoms with van der Waals surface area (Å²) >= 11 is 0.